The molecule has 3 amide bonds. The smallest absolute Gasteiger partial charge is 0.282 e. The van der Waals surface area contributed by atoms with E-state index in [9.17, 15) is 23.2 Å². The highest BCUT2D eigenvalue weighted by molar-refractivity contribution is 6.46. The van der Waals surface area contributed by atoms with Gasteiger partial charge in [-0.15, -0.1) is 0 Å². The maximum atomic E-state index is 14.5. The summed E-state index contributed by atoms with van der Waals surface area (Å²) >= 11 is 0. The summed E-state index contributed by atoms with van der Waals surface area (Å²) in [6.45, 7) is 3.26. The normalized spacial score (nSPS) is 13.5. The van der Waals surface area contributed by atoms with Gasteiger partial charge >= 0.3 is 0 Å². The monoisotopic (exact) mass is 447 g/mol. The lowest BCUT2D eigenvalue weighted by Gasteiger charge is -2.16. The number of benzene rings is 3. The van der Waals surface area contributed by atoms with Crippen LogP contribution in [0.2, 0.25) is 0 Å². The van der Waals surface area contributed by atoms with E-state index in [2.05, 4.69) is 10.6 Å². The fraction of sp³-hybridized carbons (Fsp3) is 0.0800. The first kappa shape index (κ1) is 21.9. The van der Waals surface area contributed by atoms with Crippen LogP contribution in [0.3, 0.4) is 0 Å². The van der Waals surface area contributed by atoms with E-state index in [1.54, 1.807) is 48.5 Å². The minimum absolute atomic E-state index is 0.0367. The van der Waals surface area contributed by atoms with Crippen LogP contribution in [-0.4, -0.2) is 17.7 Å². The van der Waals surface area contributed by atoms with Crippen molar-refractivity contribution in [2.45, 2.75) is 13.8 Å². The fourth-order valence-corrected chi connectivity index (χ4v) is 3.49. The van der Waals surface area contributed by atoms with Gasteiger partial charge in [0.1, 0.15) is 17.3 Å². The Kier molecular flexibility index (Phi) is 5.74. The number of aryl methyl sites for hydroxylation is 1. The first-order valence-electron chi connectivity index (χ1n) is 10.0. The van der Waals surface area contributed by atoms with Crippen LogP contribution in [0.25, 0.3) is 5.57 Å². The fourth-order valence-electron chi connectivity index (χ4n) is 3.49. The van der Waals surface area contributed by atoms with E-state index in [0.29, 0.717) is 21.8 Å². The Bertz CT molecular complexity index is 1300. The van der Waals surface area contributed by atoms with Crippen LogP contribution in [0.5, 0.6) is 0 Å². The van der Waals surface area contributed by atoms with Gasteiger partial charge in [0.15, 0.2) is 0 Å². The van der Waals surface area contributed by atoms with Crippen LogP contribution < -0.4 is 15.5 Å². The molecule has 0 radical (unpaired) electrons. The van der Waals surface area contributed by atoms with Crippen LogP contribution in [0, 0.1) is 18.6 Å². The van der Waals surface area contributed by atoms with Crippen LogP contribution in [0.15, 0.2) is 72.4 Å². The first-order chi connectivity index (χ1) is 15.7. The van der Waals surface area contributed by atoms with Gasteiger partial charge in [0, 0.05) is 24.4 Å². The van der Waals surface area contributed by atoms with E-state index in [4.69, 9.17) is 0 Å². The summed E-state index contributed by atoms with van der Waals surface area (Å²) in [5, 5.41) is 5.57. The Morgan fingerprint density at radius 3 is 2.12 bits per heavy atom. The van der Waals surface area contributed by atoms with E-state index >= 15 is 0 Å². The molecule has 3 aromatic carbocycles. The van der Waals surface area contributed by atoms with Crippen LogP contribution in [0.1, 0.15) is 18.1 Å². The lowest BCUT2D eigenvalue weighted by atomic mass is 10.0. The van der Waals surface area contributed by atoms with Crippen LogP contribution >= 0.6 is 0 Å². The highest BCUT2D eigenvalue weighted by Gasteiger charge is 2.41. The zero-order valence-electron chi connectivity index (χ0n) is 17.8. The molecule has 3 aromatic rings. The molecule has 1 aliphatic heterocycles. The van der Waals surface area contributed by atoms with Crippen LogP contribution in [-0.2, 0) is 14.4 Å². The van der Waals surface area contributed by atoms with E-state index in [1.165, 1.54) is 6.92 Å². The van der Waals surface area contributed by atoms with Gasteiger partial charge in [0.2, 0.25) is 5.91 Å². The third-order valence-corrected chi connectivity index (χ3v) is 5.05. The number of hydrogen-bond acceptors (Lipinski definition) is 4. The van der Waals surface area contributed by atoms with Gasteiger partial charge in [-0.3, -0.25) is 14.4 Å². The third kappa shape index (κ3) is 4.36. The molecular weight excluding hydrogens is 428 g/mol. The van der Waals surface area contributed by atoms with Crippen molar-refractivity contribution in [1.29, 1.82) is 0 Å². The van der Waals surface area contributed by atoms with E-state index < -0.39 is 29.1 Å². The number of halogens is 2. The minimum Gasteiger partial charge on any atom is -0.350 e. The van der Waals surface area contributed by atoms with Gasteiger partial charge < -0.3 is 10.6 Å². The Morgan fingerprint density at radius 1 is 0.848 bits per heavy atom. The van der Waals surface area contributed by atoms with Crippen molar-refractivity contribution in [3.8, 4) is 0 Å². The molecule has 8 heteroatoms. The number of hydrogen-bond donors (Lipinski definition) is 2. The molecule has 0 bridgehead atoms. The topological polar surface area (TPSA) is 78.5 Å². The molecule has 6 nitrogen and oxygen atoms in total. The molecule has 0 aliphatic carbocycles. The zero-order valence-corrected chi connectivity index (χ0v) is 17.8. The van der Waals surface area contributed by atoms with Crippen LogP contribution in [0.4, 0.5) is 25.8 Å². The summed E-state index contributed by atoms with van der Waals surface area (Å²) in [6.07, 6.45) is 0. The number of amides is 3. The van der Waals surface area contributed by atoms with Gasteiger partial charge in [-0.05, 0) is 48.9 Å². The van der Waals surface area contributed by atoms with Gasteiger partial charge in [-0.2, -0.15) is 0 Å². The van der Waals surface area contributed by atoms with Crippen molar-refractivity contribution in [1.82, 2.24) is 0 Å². The lowest BCUT2D eigenvalue weighted by molar-refractivity contribution is -0.120. The standard InChI is InChI=1S/C25H19F2N3O3/c1-14-3-5-16(6-4-14)22-23(29-19-10-8-18(9-11-19)28-15(2)31)25(33)30(24(22)32)21-13-17(26)7-12-20(21)27/h3-13,29H,1-2H3,(H,28,31). The zero-order chi connectivity index (χ0) is 23.7. The number of nitrogens with one attached hydrogen (secondary N) is 2. The molecule has 0 saturated heterocycles. The summed E-state index contributed by atoms with van der Waals surface area (Å²) in [5.74, 6) is -3.50. The quantitative estimate of drug-likeness (QED) is 0.559. The number of imide groups is 1. The number of nitrogens with zero attached hydrogens (tertiary/aromatic N) is 1. The molecule has 0 unspecified atom stereocenters. The van der Waals surface area contributed by atoms with Gasteiger partial charge in [0.05, 0.1) is 11.3 Å². The average molecular weight is 447 g/mol. The molecule has 0 aromatic heterocycles. The Morgan fingerprint density at radius 2 is 1.48 bits per heavy atom. The minimum atomic E-state index is -0.901. The van der Waals surface area contributed by atoms with Crippen molar-refractivity contribution in [2.24, 2.45) is 0 Å². The summed E-state index contributed by atoms with van der Waals surface area (Å²) in [4.78, 5) is 38.4. The highest BCUT2D eigenvalue weighted by Crippen LogP contribution is 2.35. The predicted molar refractivity (Wildman–Crippen MR) is 121 cm³/mol. The number of carbonyl (C=O) groups is 3. The van der Waals surface area contributed by atoms with E-state index in [1.807, 2.05) is 6.92 Å². The molecule has 4 rings (SSSR count). The van der Waals surface area contributed by atoms with Crippen molar-refractivity contribution >= 4 is 40.4 Å². The number of anilines is 3. The SMILES string of the molecule is CC(=O)Nc1ccc(NC2=C(c3ccc(C)cc3)C(=O)N(c3cc(F)ccc3F)C2=O)cc1. The number of carbonyl (C=O) groups excluding carboxylic acids is 3. The predicted octanol–water partition coefficient (Wildman–Crippen LogP) is 4.63. The Balaban J connectivity index is 1.77. The molecule has 33 heavy (non-hydrogen) atoms. The number of rotatable bonds is 5. The molecule has 0 saturated carbocycles. The van der Waals surface area contributed by atoms with Gasteiger partial charge in [-0.25, -0.2) is 13.7 Å². The molecular formula is C25H19F2N3O3. The van der Waals surface area contributed by atoms with Crippen molar-refractivity contribution in [3.63, 3.8) is 0 Å². The molecule has 1 aliphatic rings. The summed E-state index contributed by atoms with van der Waals surface area (Å²) in [7, 11) is 0. The maximum absolute atomic E-state index is 14.5. The first-order valence-corrected chi connectivity index (χ1v) is 10.0. The molecule has 166 valence electrons. The Labute approximate surface area is 188 Å². The summed E-state index contributed by atoms with van der Waals surface area (Å²) in [6, 6.07) is 16.0. The summed E-state index contributed by atoms with van der Waals surface area (Å²) in [5.41, 5.74) is 1.93. The van der Waals surface area contributed by atoms with E-state index in [-0.39, 0.29) is 17.2 Å². The third-order valence-electron chi connectivity index (χ3n) is 5.05. The molecule has 2 N–H and O–H groups in total. The van der Waals surface area contributed by atoms with Crippen molar-refractivity contribution in [3.05, 3.63) is 95.2 Å². The van der Waals surface area contributed by atoms with E-state index in [0.717, 1.165) is 23.8 Å². The maximum Gasteiger partial charge on any atom is 0.282 e. The highest BCUT2D eigenvalue weighted by atomic mass is 19.1. The average Bonchev–Trinajstić information content (AvgIpc) is 3.01. The van der Waals surface area contributed by atoms with Gasteiger partial charge in [-0.1, -0.05) is 29.8 Å². The van der Waals surface area contributed by atoms with Crippen molar-refractivity contribution < 1.29 is 23.2 Å². The van der Waals surface area contributed by atoms with Crippen molar-refractivity contribution in [2.75, 3.05) is 15.5 Å². The molecule has 0 spiro atoms. The Hall–Kier alpha value is -4.33. The molecule has 0 atom stereocenters. The molecule has 0 fully saturated rings. The lowest BCUT2D eigenvalue weighted by Crippen LogP contribution is -2.33. The summed E-state index contributed by atoms with van der Waals surface area (Å²) < 4.78 is 28.3. The largest absolute Gasteiger partial charge is 0.350 e. The molecule has 1 heterocycles. The second-order valence-electron chi connectivity index (χ2n) is 7.54. The second kappa shape index (κ2) is 8.66. The van der Waals surface area contributed by atoms with Gasteiger partial charge in [0.25, 0.3) is 11.8 Å². The second-order valence-corrected chi connectivity index (χ2v) is 7.54.